The van der Waals surface area contributed by atoms with Crippen molar-refractivity contribution in [2.75, 3.05) is 144 Å². The Kier molecular flexibility index (Phi) is 23.3. The third-order valence-corrected chi connectivity index (χ3v) is 18.1. The van der Waals surface area contributed by atoms with E-state index in [0.717, 1.165) is 22.6 Å². The lowest BCUT2D eigenvalue weighted by Crippen LogP contribution is -2.51. The van der Waals surface area contributed by atoms with Gasteiger partial charge in [0.05, 0.1) is 125 Å². The Morgan fingerprint density at radius 2 is 1.41 bits per heavy atom. The molecule has 7 rings (SSSR count). The zero-order valence-corrected chi connectivity index (χ0v) is 54.3. The summed E-state index contributed by atoms with van der Waals surface area (Å²) in [5.74, 6) is -3.51. The number of benzene rings is 2. The number of rotatable bonds is 39. The molecule has 2 aromatic carbocycles. The van der Waals surface area contributed by atoms with Crippen LogP contribution in [0.1, 0.15) is 118 Å². The Hall–Kier alpha value is -6.95. The number of fused-ring (bicyclic) bond motifs is 2. The molecule has 28 heteroatoms. The highest BCUT2D eigenvalue weighted by Gasteiger charge is 2.45. The standard InChI is InChI=1S/C64H91N9O17S2/c1-42-31-46-38-69-50-37-54(53(82-7)35-48(50)61(80)72(46)39-42)88-20-10-8-9-19-87-52-36-49(65)47(33-44(52)3)60(79)73-40-43(2)32-51(73)62-71(18-23-89-62)63(81)90-41-64(5,6)92-91-30-13-57(76)67-15-14-66-56(75)12-21-83-24-26-85-28-29-86-27-25-84-22-16-68-55(74)11-17-70-58(77)34-45(4)59(70)78/h33,35-38,45-46,51,62H,1-2,8-32,34,39-41,65H2,3-7H3,(H,66,75)(H,67,76)(H,68,74)/t45?,46-,51-,62?/m0/s1/i8D2,9D2,10D2,19D2,20D2. The Morgan fingerprint density at radius 1 is 0.772 bits per heavy atom. The fourth-order valence-electron chi connectivity index (χ4n) is 10.1. The van der Waals surface area contributed by atoms with Crippen molar-refractivity contribution < 1.29 is 94.7 Å². The fraction of sp³-hybridized carbons (Fsp3) is 0.609. The third-order valence-electron chi connectivity index (χ3n) is 14.8. The minimum Gasteiger partial charge on any atom is -0.493 e. The second kappa shape index (κ2) is 36.5. The summed E-state index contributed by atoms with van der Waals surface area (Å²) in [4.78, 5) is 112. The number of carbonyl (C=O) groups excluding carboxylic acids is 8. The lowest BCUT2D eigenvalue weighted by Gasteiger charge is -2.34. The van der Waals surface area contributed by atoms with E-state index in [-0.39, 0.29) is 180 Å². The largest absolute Gasteiger partial charge is 0.493 e. The molecule has 4 fully saturated rings. The monoisotopic (exact) mass is 1330 g/mol. The number of nitrogens with zero attached hydrogens (tertiary/aromatic N) is 5. The molecule has 2 unspecified atom stereocenters. The summed E-state index contributed by atoms with van der Waals surface area (Å²) >= 11 is 0. The first-order chi connectivity index (χ1) is 47.9. The minimum atomic E-state index is -4.11. The highest BCUT2D eigenvalue weighted by atomic mass is 33.1. The topological polar surface area (TPSA) is 307 Å². The van der Waals surface area contributed by atoms with Crippen LogP contribution in [0.4, 0.5) is 16.2 Å². The molecule has 92 heavy (non-hydrogen) atoms. The number of nitrogen functional groups attached to an aromatic ring is 1. The van der Waals surface area contributed by atoms with E-state index in [2.05, 4.69) is 34.1 Å². The van der Waals surface area contributed by atoms with Gasteiger partial charge >= 0.3 is 6.09 Å². The summed E-state index contributed by atoms with van der Waals surface area (Å²) in [6.07, 6.45) is -11.2. The Balaban J connectivity index is 0.770. The Labute approximate surface area is 560 Å². The molecule has 26 nitrogen and oxygen atoms in total. The van der Waals surface area contributed by atoms with Gasteiger partial charge < -0.3 is 74.1 Å². The molecule has 0 saturated carbocycles. The van der Waals surface area contributed by atoms with Gasteiger partial charge in [0, 0.05) is 109 Å². The quantitative estimate of drug-likeness (QED) is 0.0214. The Bertz CT molecular complexity index is 3450. The third kappa shape index (κ3) is 21.8. The summed E-state index contributed by atoms with van der Waals surface area (Å²) in [5, 5.41) is 8.19. The van der Waals surface area contributed by atoms with Crippen molar-refractivity contribution >= 4 is 86.6 Å². The van der Waals surface area contributed by atoms with Gasteiger partial charge in [-0.3, -0.25) is 48.4 Å². The molecule has 4 saturated heterocycles. The highest BCUT2D eigenvalue weighted by molar-refractivity contribution is 8.77. The average Bonchev–Trinajstić information content (AvgIpc) is 1.00. The fourth-order valence-corrected chi connectivity index (χ4v) is 12.5. The molecular weight excluding hydrogens is 1230 g/mol. The van der Waals surface area contributed by atoms with Gasteiger partial charge in [0.1, 0.15) is 12.4 Å². The van der Waals surface area contributed by atoms with Crippen LogP contribution in [0.25, 0.3) is 0 Å². The first-order valence-electron chi connectivity index (χ1n) is 35.2. The maximum absolute atomic E-state index is 14.5. The van der Waals surface area contributed by atoms with Crippen LogP contribution in [0.2, 0.25) is 0 Å². The van der Waals surface area contributed by atoms with Gasteiger partial charge in [-0.2, -0.15) is 0 Å². The molecule has 2 aromatic rings. The van der Waals surface area contributed by atoms with Crippen molar-refractivity contribution in [3.05, 3.63) is 65.3 Å². The van der Waals surface area contributed by atoms with E-state index in [1.54, 1.807) is 6.92 Å². The molecule has 0 spiro atoms. The number of hydrogen-bond acceptors (Lipinski definition) is 21. The van der Waals surface area contributed by atoms with E-state index in [0.29, 0.717) is 50.8 Å². The predicted octanol–water partition coefficient (Wildman–Crippen LogP) is 5.41. The molecule has 0 aliphatic carbocycles. The van der Waals surface area contributed by atoms with Gasteiger partial charge in [-0.25, -0.2) is 4.79 Å². The van der Waals surface area contributed by atoms with Crippen LogP contribution < -0.4 is 35.9 Å². The number of nitrogens with two attached hydrogens (primary N) is 1. The van der Waals surface area contributed by atoms with Crippen molar-refractivity contribution in [2.24, 2.45) is 10.9 Å². The number of likely N-dealkylation sites (tertiary alicyclic amines) is 2. The van der Waals surface area contributed by atoms with E-state index < -0.39 is 84.7 Å². The predicted molar refractivity (Wildman–Crippen MR) is 347 cm³/mol. The second-order valence-electron chi connectivity index (χ2n) is 22.6. The van der Waals surface area contributed by atoms with Crippen molar-refractivity contribution in [1.29, 1.82) is 0 Å². The number of methoxy groups -OCH3 is 1. The van der Waals surface area contributed by atoms with E-state index >= 15 is 0 Å². The van der Waals surface area contributed by atoms with E-state index in [1.165, 1.54) is 68.7 Å². The molecule has 5 heterocycles. The number of ether oxygens (including phenoxy) is 9. The number of nitrogens with one attached hydrogen (secondary N) is 3. The number of anilines is 1. The molecule has 8 amide bonds. The van der Waals surface area contributed by atoms with Gasteiger partial charge in [0.15, 0.2) is 17.7 Å². The normalized spacial score (nSPS) is 21.1. The van der Waals surface area contributed by atoms with Gasteiger partial charge in [0.2, 0.25) is 29.5 Å². The summed E-state index contributed by atoms with van der Waals surface area (Å²) in [6, 6.07) is 3.38. The SMILES string of the molecule is [2H]C([2H])(Oc1cc(N)c(C(=O)N2CC(=C)C[C@H]2C2OCCN2C(=O)OCC(C)(C)SSCCC(=O)NCCNC(=O)CCOCCOCCOCCOCCNC(=O)CCN2C(=O)CC(C)C2=O)cc1C)C([2H])([2H])C([2H])([2H])C([2H])([2H])C([2H])([2H])Oc1cc2c(cc1OC)C(=O)N1CC(=C)C[C@H]1C=N2. The molecule has 5 aliphatic heterocycles. The van der Waals surface area contributed by atoms with Crippen LogP contribution in [0, 0.1) is 12.8 Å². The number of aryl methyl sites for hydroxylation is 1. The van der Waals surface area contributed by atoms with E-state index in [9.17, 15) is 38.4 Å². The van der Waals surface area contributed by atoms with Gasteiger partial charge in [-0.05, 0) is 70.4 Å². The molecule has 5 N–H and O–H groups in total. The van der Waals surface area contributed by atoms with Crippen molar-refractivity contribution in [3.63, 3.8) is 0 Å². The molecule has 0 radical (unpaired) electrons. The smallest absolute Gasteiger partial charge is 0.412 e. The summed E-state index contributed by atoms with van der Waals surface area (Å²) in [5.41, 5.74) is 7.54. The van der Waals surface area contributed by atoms with Crippen LogP contribution in [0.15, 0.2) is 53.6 Å². The number of carbonyl (C=O) groups is 8. The number of amides is 8. The number of aliphatic imine (C=N–C) groups is 1. The zero-order chi connectivity index (χ0) is 75.1. The number of imide groups is 1. The Morgan fingerprint density at radius 3 is 2.10 bits per heavy atom. The van der Waals surface area contributed by atoms with Crippen molar-refractivity contribution in [3.8, 4) is 17.2 Å². The molecule has 4 atom stereocenters. The molecule has 506 valence electrons. The first-order valence-corrected chi connectivity index (χ1v) is 32.6. The van der Waals surface area contributed by atoms with Crippen LogP contribution >= 0.6 is 21.6 Å². The minimum absolute atomic E-state index is 0.00298. The van der Waals surface area contributed by atoms with Gasteiger partial charge in [-0.1, -0.05) is 52.8 Å². The number of hydrogen-bond donors (Lipinski definition) is 4. The van der Waals surface area contributed by atoms with Crippen LogP contribution in [0.5, 0.6) is 17.2 Å². The summed E-state index contributed by atoms with van der Waals surface area (Å²) in [7, 11) is 4.00. The highest BCUT2D eigenvalue weighted by Crippen LogP contribution is 2.40. The average molecular weight is 1330 g/mol. The van der Waals surface area contributed by atoms with Crippen LogP contribution in [-0.4, -0.2) is 234 Å². The second-order valence-corrected chi connectivity index (χ2v) is 25.7. The maximum atomic E-state index is 14.5. The van der Waals surface area contributed by atoms with Crippen LogP contribution in [-0.2, 0) is 52.4 Å². The van der Waals surface area contributed by atoms with Crippen molar-refractivity contribution in [2.45, 2.75) is 108 Å². The van der Waals surface area contributed by atoms with Gasteiger partial charge in [0.25, 0.3) is 11.8 Å². The van der Waals surface area contributed by atoms with Gasteiger partial charge in [-0.15, -0.1) is 0 Å². The van der Waals surface area contributed by atoms with Crippen molar-refractivity contribution in [1.82, 2.24) is 35.6 Å². The first kappa shape index (κ1) is 58.8. The molecule has 0 bridgehead atoms. The maximum Gasteiger partial charge on any atom is 0.412 e. The lowest BCUT2D eigenvalue weighted by atomic mass is 10.1. The zero-order valence-electron chi connectivity index (χ0n) is 62.7. The molecule has 0 aromatic heterocycles. The molecular formula is C64H91N9O17S2. The molecule has 5 aliphatic rings. The van der Waals surface area contributed by atoms with E-state index in [1.807, 2.05) is 13.8 Å². The summed E-state index contributed by atoms with van der Waals surface area (Å²) in [6.45, 7) is 10.9. The lowest BCUT2D eigenvalue weighted by molar-refractivity contribution is -0.139. The summed E-state index contributed by atoms with van der Waals surface area (Å²) < 4.78 is 137. The van der Waals surface area contributed by atoms with E-state index in [4.69, 9.17) is 62.1 Å². The van der Waals surface area contributed by atoms with Crippen LogP contribution in [0.3, 0.4) is 0 Å².